The van der Waals surface area contributed by atoms with Gasteiger partial charge in [-0.1, -0.05) is 38.3 Å². The van der Waals surface area contributed by atoms with Crippen LogP contribution in [0.1, 0.15) is 71.1 Å². The summed E-state index contributed by atoms with van der Waals surface area (Å²) in [6.07, 6.45) is 11.8. The fourth-order valence-corrected chi connectivity index (χ4v) is 2.73. The van der Waals surface area contributed by atoms with Gasteiger partial charge >= 0.3 is 11.9 Å². The number of hydrogen-bond donors (Lipinski definition) is 2. The van der Waals surface area contributed by atoms with E-state index in [2.05, 4.69) is 24.4 Å². The number of aliphatic hydroxyl groups excluding tert-OH is 1. The average Bonchev–Trinajstić information content (AvgIpc) is 3.09. The number of rotatable bonds is 14. The molecule has 0 aromatic carbocycles. The number of aliphatic hydroxyl groups is 1. The molecule has 0 saturated carbocycles. The van der Waals surface area contributed by atoms with E-state index >= 15 is 0 Å². The molecule has 1 aliphatic rings. The van der Waals surface area contributed by atoms with Crippen LogP contribution in [0.5, 0.6) is 0 Å². The van der Waals surface area contributed by atoms with E-state index in [0.717, 1.165) is 38.5 Å². The minimum Gasteiger partial charge on any atom is -0.463 e. The van der Waals surface area contributed by atoms with Gasteiger partial charge in [-0.3, -0.25) is 9.59 Å². The normalized spacial score (nSPS) is 17.7. The van der Waals surface area contributed by atoms with Crippen LogP contribution in [0, 0.1) is 0 Å². The summed E-state index contributed by atoms with van der Waals surface area (Å²) < 4.78 is 9.92. The van der Waals surface area contributed by atoms with Crippen LogP contribution in [-0.4, -0.2) is 48.3 Å². The molecule has 7 nitrogen and oxygen atoms in total. The van der Waals surface area contributed by atoms with Crippen molar-refractivity contribution < 1.29 is 29.0 Å². The Kier molecular flexibility index (Phi) is 12.2. The lowest BCUT2D eigenvalue weighted by Crippen LogP contribution is -2.36. The Balaban J connectivity index is 1.96. The van der Waals surface area contributed by atoms with Gasteiger partial charge in [-0.15, -0.1) is 0 Å². The van der Waals surface area contributed by atoms with Crippen LogP contribution in [0.15, 0.2) is 12.2 Å². The topological polar surface area (TPSA) is 102 Å². The summed E-state index contributed by atoms with van der Waals surface area (Å²) in [7, 11) is 0. The summed E-state index contributed by atoms with van der Waals surface area (Å²) in [5.74, 6) is -1.11. The van der Waals surface area contributed by atoms with Crippen LogP contribution in [0.2, 0.25) is 0 Å². The van der Waals surface area contributed by atoms with Crippen molar-refractivity contribution in [1.29, 1.82) is 0 Å². The minimum absolute atomic E-state index is 0.181. The van der Waals surface area contributed by atoms with Crippen LogP contribution in [0.25, 0.3) is 0 Å². The summed E-state index contributed by atoms with van der Waals surface area (Å²) >= 11 is 0. The van der Waals surface area contributed by atoms with Gasteiger partial charge in [0.2, 0.25) is 5.91 Å². The molecule has 1 fully saturated rings. The first-order valence-corrected chi connectivity index (χ1v) is 9.97. The number of carbonyl (C=O) groups is 3. The molecule has 0 radical (unpaired) electrons. The Morgan fingerprint density at radius 2 is 1.85 bits per heavy atom. The molecule has 154 valence electrons. The van der Waals surface area contributed by atoms with Crippen molar-refractivity contribution in [3.05, 3.63) is 12.2 Å². The first kappa shape index (κ1) is 23.1. The van der Waals surface area contributed by atoms with Gasteiger partial charge in [-0.25, -0.2) is 4.79 Å². The molecule has 1 saturated heterocycles. The van der Waals surface area contributed by atoms with E-state index in [4.69, 9.17) is 9.47 Å². The Morgan fingerprint density at radius 1 is 1.15 bits per heavy atom. The van der Waals surface area contributed by atoms with E-state index in [1.807, 2.05) is 0 Å². The molecule has 1 unspecified atom stereocenters. The first-order chi connectivity index (χ1) is 13.0. The summed E-state index contributed by atoms with van der Waals surface area (Å²) in [6.45, 7) is 1.66. The van der Waals surface area contributed by atoms with Crippen molar-refractivity contribution in [2.75, 3.05) is 13.2 Å². The highest BCUT2D eigenvalue weighted by atomic mass is 16.6. The van der Waals surface area contributed by atoms with Gasteiger partial charge in [0, 0.05) is 12.8 Å². The summed E-state index contributed by atoms with van der Waals surface area (Å²) in [6, 6.07) is -0.644. The quantitative estimate of drug-likeness (QED) is 0.271. The third-order valence-electron chi connectivity index (χ3n) is 4.29. The maximum Gasteiger partial charge on any atom is 0.328 e. The van der Waals surface area contributed by atoms with Crippen LogP contribution < -0.4 is 5.32 Å². The average molecular weight is 383 g/mol. The second kappa shape index (κ2) is 14.2. The molecule has 0 aliphatic carbocycles. The summed E-state index contributed by atoms with van der Waals surface area (Å²) in [5.41, 5.74) is 0. The zero-order chi connectivity index (χ0) is 19.9. The molecule has 0 aromatic rings. The highest BCUT2D eigenvalue weighted by molar-refractivity contribution is 5.88. The zero-order valence-electron chi connectivity index (χ0n) is 16.3. The van der Waals surface area contributed by atoms with Gasteiger partial charge in [-0.2, -0.15) is 0 Å². The molecule has 2 atom stereocenters. The van der Waals surface area contributed by atoms with Crippen LogP contribution in [-0.2, 0) is 23.9 Å². The van der Waals surface area contributed by atoms with E-state index in [1.165, 1.54) is 6.42 Å². The smallest absolute Gasteiger partial charge is 0.328 e. The maximum atomic E-state index is 11.7. The second-order valence-corrected chi connectivity index (χ2v) is 6.81. The van der Waals surface area contributed by atoms with Crippen molar-refractivity contribution in [2.24, 2.45) is 0 Å². The van der Waals surface area contributed by atoms with Crippen molar-refractivity contribution in [3.63, 3.8) is 0 Å². The van der Waals surface area contributed by atoms with E-state index in [1.54, 1.807) is 0 Å². The monoisotopic (exact) mass is 383 g/mol. The predicted molar refractivity (Wildman–Crippen MR) is 101 cm³/mol. The number of ether oxygens (including phenoxy) is 2. The second-order valence-electron chi connectivity index (χ2n) is 6.81. The fourth-order valence-electron chi connectivity index (χ4n) is 2.73. The number of unbranched alkanes of at least 4 members (excludes halogenated alkanes) is 5. The lowest BCUT2D eigenvalue weighted by Gasteiger charge is -2.14. The number of nitrogens with one attached hydrogen (secondary N) is 1. The van der Waals surface area contributed by atoms with Gasteiger partial charge in [0.05, 0.1) is 0 Å². The minimum atomic E-state index is -1.06. The van der Waals surface area contributed by atoms with Gasteiger partial charge in [0.25, 0.3) is 0 Å². The van der Waals surface area contributed by atoms with Gasteiger partial charge in [0.15, 0.2) is 0 Å². The SMILES string of the molecule is CCC=CCCCCCCCC(=O)OCC(O)COC(=O)[C@@H]1CCC(=O)N1. The van der Waals surface area contributed by atoms with E-state index < -0.39 is 18.1 Å². The molecule has 0 aromatic heterocycles. The van der Waals surface area contributed by atoms with E-state index in [0.29, 0.717) is 19.3 Å². The van der Waals surface area contributed by atoms with Gasteiger partial charge in [-0.05, 0) is 32.1 Å². The standard InChI is InChI=1S/C20H33NO6/c1-2-3-4-5-6-7-8-9-10-11-19(24)26-14-16(22)15-27-20(25)17-12-13-18(23)21-17/h3-4,16-17,22H,2,5-15H2,1H3,(H,21,23)/t16?,17-/m0/s1. The maximum absolute atomic E-state index is 11.7. The van der Waals surface area contributed by atoms with Gasteiger partial charge in [0.1, 0.15) is 25.4 Å². The number of hydrogen-bond acceptors (Lipinski definition) is 6. The summed E-state index contributed by atoms with van der Waals surface area (Å²) in [5, 5.41) is 12.2. The Hall–Kier alpha value is -1.89. The van der Waals surface area contributed by atoms with Crippen molar-refractivity contribution in [3.8, 4) is 0 Å². The number of esters is 2. The first-order valence-electron chi connectivity index (χ1n) is 9.97. The molecule has 0 bridgehead atoms. The number of amides is 1. The fraction of sp³-hybridized carbons (Fsp3) is 0.750. The third kappa shape index (κ3) is 11.4. The van der Waals surface area contributed by atoms with Crippen molar-refractivity contribution >= 4 is 17.8 Å². The molecule has 7 heteroatoms. The van der Waals surface area contributed by atoms with Crippen LogP contribution in [0.3, 0.4) is 0 Å². The van der Waals surface area contributed by atoms with Crippen LogP contribution >= 0.6 is 0 Å². The number of allylic oxidation sites excluding steroid dienone is 2. The largest absolute Gasteiger partial charge is 0.463 e. The highest BCUT2D eigenvalue weighted by Gasteiger charge is 2.28. The van der Waals surface area contributed by atoms with E-state index in [9.17, 15) is 19.5 Å². The van der Waals surface area contributed by atoms with E-state index in [-0.39, 0.29) is 25.1 Å². The Morgan fingerprint density at radius 3 is 2.56 bits per heavy atom. The molecular weight excluding hydrogens is 350 g/mol. The van der Waals surface area contributed by atoms with Gasteiger partial charge < -0.3 is 19.9 Å². The molecule has 2 N–H and O–H groups in total. The van der Waals surface area contributed by atoms with Crippen molar-refractivity contribution in [2.45, 2.75) is 83.3 Å². The third-order valence-corrected chi connectivity index (χ3v) is 4.29. The Labute approximate surface area is 161 Å². The van der Waals surface area contributed by atoms with Crippen molar-refractivity contribution in [1.82, 2.24) is 5.32 Å². The zero-order valence-corrected chi connectivity index (χ0v) is 16.3. The Bertz CT molecular complexity index is 491. The summed E-state index contributed by atoms with van der Waals surface area (Å²) in [4.78, 5) is 34.4. The van der Waals surface area contributed by atoms with Crippen LogP contribution in [0.4, 0.5) is 0 Å². The highest BCUT2D eigenvalue weighted by Crippen LogP contribution is 2.09. The molecule has 1 rings (SSSR count). The molecule has 1 amide bonds. The molecule has 27 heavy (non-hydrogen) atoms. The molecule has 1 heterocycles. The molecule has 0 spiro atoms. The lowest BCUT2D eigenvalue weighted by molar-refractivity contribution is -0.154. The molecular formula is C20H33NO6. The number of carbonyl (C=O) groups excluding carboxylic acids is 3. The lowest BCUT2D eigenvalue weighted by atomic mass is 10.1. The molecule has 1 aliphatic heterocycles. The predicted octanol–water partition coefficient (Wildman–Crippen LogP) is 2.41.